The van der Waals surface area contributed by atoms with Gasteiger partial charge in [0, 0.05) is 11.3 Å². The van der Waals surface area contributed by atoms with Crippen molar-refractivity contribution in [3.05, 3.63) is 51.7 Å². The molecular weight excluding hydrogens is 272 g/mol. The molecule has 0 aliphatic rings. The summed E-state index contributed by atoms with van der Waals surface area (Å²) in [6, 6.07) is 7.89. The number of hydrogen-bond donors (Lipinski definition) is 2. The number of aryl methyl sites for hydroxylation is 1. The number of nitrogens with zero attached hydrogens (tertiary/aromatic N) is 2. The largest absolute Gasteiger partial charge is 0.341 e. The maximum absolute atomic E-state index is 11.7. The molecule has 3 rings (SSSR count). The van der Waals surface area contributed by atoms with Crippen molar-refractivity contribution in [2.45, 2.75) is 24.8 Å². The Hall–Kier alpha value is -2.08. The molecule has 0 spiro atoms. The number of imidazole rings is 1. The van der Waals surface area contributed by atoms with Gasteiger partial charge in [0.1, 0.15) is 5.82 Å². The highest BCUT2D eigenvalue weighted by Gasteiger charge is 2.07. The van der Waals surface area contributed by atoms with Crippen LogP contribution in [0.2, 0.25) is 0 Å². The van der Waals surface area contributed by atoms with Crippen LogP contribution < -0.4 is 5.56 Å². The van der Waals surface area contributed by atoms with Gasteiger partial charge in [-0.25, -0.2) is 9.97 Å². The summed E-state index contributed by atoms with van der Waals surface area (Å²) in [7, 11) is 0. The van der Waals surface area contributed by atoms with Crippen molar-refractivity contribution in [2.75, 3.05) is 0 Å². The average molecular weight is 286 g/mol. The van der Waals surface area contributed by atoms with E-state index >= 15 is 0 Å². The summed E-state index contributed by atoms with van der Waals surface area (Å²) in [6.07, 6.45) is 0. The molecule has 2 heterocycles. The monoisotopic (exact) mass is 286 g/mol. The van der Waals surface area contributed by atoms with Gasteiger partial charge in [0.25, 0.3) is 5.56 Å². The summed E-state index contributed by atoms with van der Waals surface area (Å²) in [4.78, 5) is 26.6. The Kier molecular flexibility index (Phi) is 3.31. The molecule has 2 N–H and O–H groups in total. The molecule has 1 aromatic carbocycles. The van der Waals surface area contributed by atoms with Crippen LogP contribution in [0.5, 0.6) is 0 Å². The Bertz CT molecular complexity index is 788. The summed E-state index contributed by atoms with van der Waals surface area (Å²) in [5.41, 5.74) is 3.32. The molecule has 20 heavy (non-hydrogen) atoms. The van der Waals surface area contributed by atoms with Gasteiger partial charge in [-0.2, -0.15) is 0 Å². The highest BCUT2D eigenvalue weighted by atomic mass is 32.2. The van der Waals surface area contributed by atoms with Crippen molar-refractivity contribution in [2.24, 2.45) is 0 Å². The lowest BCUT2D eigenvalue weighted by molar-refractivity contribution is 0.882. The highest BCUT2D eigenvalue weighted by molar-refractivity contribution is 7.98. The molecular formula is C14H14N4OS. The first-order valence-corrected chi connectivity index (χ1v) is 7.26. The third kappa shape index (κ3) is 2.46. The van der Waals surface area contributed by atoms with Gasteiger partial charge in [-0.1, -0.05) is 23.9 Å². The zero-order valence-corrected chi connectivity index (χ0v) is 12.0. The molecule has 0 atom stereocenters. The minimum absolute atomic E-state index is 0.0791. The highest BCUT2D eigenvalue weighted by Crippen LogP contribution is 2.19. The van der Waals surface area contributed by atoms with Crippen LogP contribution in [0.25, 0.3) is 11.0 Å². The van der Waals surface area contributed by atoms with Gasteiger partial charge >= 0.3 is 0 Å². The number of aromatic nitrogens is 4. The summed E-state index contributed by atoms with van der Waals surface area (Å²) >= 11 is 1.47. The van der Waals surface area contributed by atoms with Crippen LogP contribution in [0, 0.1) is 13.8 Å². The Labute approximate surface area is 119 Å². The van der Waals surface area contributed by atoms with Crippen molar-refractivity contribution in [3.63, 3.8) is 0 Å². The molecule has 0 saturated heterocycles. The van der Waals surface area contributed by atoms with Crippen molar-refractivity contribution in [1.29, 1.82) is 0 Å². The van der Waals surface area contributed by atoms with Crippen molar-refractivity contribution >= 4 is 22.8 Å². The van der Waals surface area contributed by atoms with Crippen LogP contribution in [0.3, 0.4) is 0 Å². The lowest BCUT2D eigenvalue weighted by Gasteiger charge is -2.02. The van der Waals surface area contributed by atoms with E-state index in [4.69, 9.17) is 0 Å². The number of thioether (sulfide) groups is 1. The Morgan fingerprint density at radius 1 is 1.15 bits per heavy atom. The second-order valence-corrected chi connectivity index (χ2v) is 5.53. The average Bonchev–Trinajstić information content (AvgIpc) is 2.85. The summed E-state index contributed by atoms with van der Waals surface area (Å²) < 4.78 is 0. The van der Waals surface area contributed by atoms with Crippen LogP contribution in [-0.2, 0) is 5.75 Å². The summed E-state index contributed by atoms with van der Waals surface area (Å²) in [5.74, 6) is 1.51. The Morgan fingerprint density at radius 2 is 1.95 bits per heavy atom. The minimum Gasteiger partial charge on any atom is -0.341 e. The molecule has 5 nitrogen and oxygen atoms in total. The van der Waals surface area contributed by atoms with Gasteiger partial charge in [-0.05, 0) is 26.0 Å². The number of nitrogens with one attached hydrogen (secondary N) is 2. The lowest BCUT2D eigenvalue weighted by atomic mass is 10.3. The van der Waals surface area contributed by atoms with E-state index in [1.807, 2.05) is 31.2 Å². The number of benzene rings is 1. The Morgan fingerprint density at radius 3 is 2.70 bits per heavy atom. The molecule has 0 amide bonds. The predicted octanol–water partition coefficient (Wildman–Crippen LogP) is 2.56. The number of rotatable bonds is 3. The van der Waals surface area contributed by atoms with E-state index < -0.39 is 0 Å². The molecule has 3 aromatic rings. The first-order chi connectivity index (χ1) is 9.63. The number of para-hydroxylation sites is 2. The van der Waals surface area contributed by atoms with E-state index in [-0.39, 0.29) is 5.56 Å². The summed E-state index contributed by atoms with van der Waals surface area (Å²) in [6.45, 7) is 3.62. The van der Waals surface area contributed by atoms with Crippen LogP contribution in [-0.4, -0.2) is 19.9 Å². The van der Waals surface area contributed by atoms with Crippen LogP contribution >= 0.6 is 11.8 Å². The Balaban J connectivity index is 1.81. The van der Waals surface area contributed by atoms with Crippen LogP contribution in [0.4, 0.5) is 0 Å². The molecule has 0 fully saturated rings. The van der Waals surface area contributed by atoms with Gasteiger partial charge in [-0.3, -0.25) is 4.79 Å². The van der Waals surface area contributed by atoms with Crippen molar-refractivity contribution < 1.29 is 0 Å². The van der Waals surface area contributed by atoms with E-state index in [0.29, 0.717) is 16.5 Å². The third-order valence-corrected chi connectivity index (χ3v) is 4.04. The number of H-pyrrole nitrogens is 2. The van der Waals surface area contributed by atoms with Crippen LogP contribution in [0.1, 0.15) is 17.1 Å². The first-order valence-electron chi connectivity index (χ1n) is 6.27. The van der Waals surface area contributed by atoms with Crippen molar-refractivity contribution in [1.82, 2.24) is 19.9 Å². The molecule has 0 aliphatic heterocycles. The van der Waals surface area contributed by atoms with E-state index in [9.17, 15) is 4.79 Å². The fourth-order valence-corrected chi connectivity index (χ4v) is 2.67. The fourth-order valence-electron chi connectivity index (χ4n) is 1.90. The zero-order chi connectivity index (χ0) is 14.1. The maximum atomic E-state index is 11.7. The molecule has 6 heteroatoms. The SMILES string of the molecule is Cc1nc(SCc2nc3ccccc3[nH]2)[nH]c(=O)c1C. The molecule has 0 bridgehead atoms. The second-order valence-electron chi connectivity index (χ2n) is 4.57. The normalized spacial score (nSPS) is 11.1. The van der Waals surface area contributed by atoms with Gasteiger partial charge in [0.2, 0.25) is 0 Å². The second kappa shape index (κ2) is 5.13. The van der Waals surface area contributed by atoms with E-state index in [1.165, 1.54) is 11.8 Å². The van der Waals surface area contributed by atoms with Crippen molar-refractivity contribution in [3.8, 4) is 0 Å². The quantitative estimate of drug-likeness (QED) is 0.573. The smallest absolute Gasteiger partial charge is 0.254 e. The fraction of sp³-hybridized carbons (Fsp3) is 0.214. The van der Waals surface area contributed by atoms with E-state index in [2.05, 4.69) is 19.9 Å². The molecule has 0 aliphatic carbocycles. The van der Waals surface area contributed by atoms with Gasteiger partial charge in [0.05, 0.1) is 16.8 Å². The van der Waals surface area contributed by atoms with Crippen LogP contribution in [0.15, 0.2) is 34.2 Å². The lowest BCUT2D eigenvalue weighted by Crippen LogP contribution is -2.14. The zero-order valence-electron chi connectivity index (χ0n) is 11.2. The standard InChI is InChI=1S/C14H14N4OS/c1-8-9(2)15-14(18-13(8)19)20-7-12-16-10-5-3-4-6-11(10)17-12/h3-6H,7H2,1-2H3,(H,16,17)(H,15,18,19). The maximum Gasteiger partial charge on any atom is 0.254 e. The number of hydrogen-bond acceptors (Lipinski definition) is 4. The molecule has 2 aromatic heterocycles. The van der Waals surface area contributed by atoms with Gasteiger partial charge in [-0.15, -0.1) is 0 Å². The number of aromatic amines is 2. The summed E-state index contributed by atoms with van der Waals surface area (Å²) in [5, 5.41) is 0.624. The van der Waals surface area contributed by atoms with E-state index in [1.54, 1.807) is 6.92 Å². The molecule has 0 saturated carbocycles. The first kappa shape index (κ1) is 12.9. The van der Waals surface area contributed by atoms with Gasteiger partial charge < -0.3 is 9.97 Å². The molecule has 0 unspecified atom stereocenters. The predicted molar refractivity (Wildman–Crippen MR) is 80.0 cm³/mol. The third-order valence-electron chi connectivity index (χ3n) is 3.16. The van der Waals surface area contributed by atoms with E-state index in [0.717, 1.165) is 22.6 Å². The number of fused-ring (bicyclic) bond motifs is 1. The van der Waals surface area contributed by atoms with Gasteiger partial charge in [0.15, 0.2) is 5.16 Å². The minimum atomic E-state index is -0.0791. The molecule has 0 radical (unpaired) electrons. The topological polar surface area (TPSA) is 74.4 Å². The molecule has 102 valence electrons.